The van der Waals surface area contributed by atoms with Gasteiger partial charge in [0.15, 0.2) is 0 Å². The molecule has 32 heavy (non-hydrogen) atoms. The Kier molecular flexibility index (Phi) is 5.73. The van der Waals surface area contributed by atoms with Crippen LogP contribution in [0.1, 0.15) is 15.9 Å². The maximum absolute atomic E-state index is 13.5. The van der Waals surface area contributed by atoms with Crippen LogP contribution in [0.5, 0.6) is 0 Å². The molecule has 2 aromatic heterocycles. The number of benzene rings is 2. The molecule has 5 nitrogen and oxygen atoms in total. The number of carbonyl (C=O) groups excluding carboxylic acids is 1. The third kappa shape index (κ3) is 4.29. The number of piperazine rings is 1. The first-order chi connectivity index (χ1) is 15.7. The molecule has 0 spiro atoms. The number of nitrogens with zero attached hydrogens (tertiary/aromatic N) is 4. The minimum atomic E-state index is -0.240. The van der Waals surface area contributed by atoms with Crippen LogP contribution in [-0.2, 0) is 6.54 Å². The van der Waals surface area contributed by atoms with E-state index in [1.807, 2.05) is 51.5 Å². The first kappa shape index (κ1) is 20.5. The lowest BCUT2D eigenvalue weighted by Gasteiger charge is -2.36. The lowest BCUT2D eigenvalue weighted by Crippen LogP contribution is -2.48. The molecule has 1 aliphatic heterocycles. The van der Waals surface area contributed by atoms with Crippen LogP contribution >= 0.6 is 11.3 Å². The van der Waals surface area contributed by atoms with Gasteiger partial charge in [0.05, 0.1) is 17.0 Å². The van der Waals surface area contributed by atoms with E-state index < -0.39 is 0 Å². The quantitative estimate of drug-likeness (QED) is 0.444. The van der Waals surface area contributed by atoms with E-state index in [-0.39, 0.29) is 11.7 Å². The second kappa shape index (κ2) is 8.96. The Morgan fingerprint density at radius 2 is 1.69 bits per heavy atom. The molecular formula is C25H23FN4OS. The molecule has 162 valence electrons. The lowest BCUT2D eigenvalue weighted by atomic mass is 10.1. The van der Waals surface area contributed by atoms with Gasteiger partial charge >= 0.3 is 0 Å². The number of amides is 1. The molecule has 3 heterocycles. The monoisotopic (exact) mass is 446 g/mol. The average molecular weight is 447 g/mol. The molecule has 1 amide bonds. The highest BCUT2D eigenvalue weighted by molar-refractivity contribution is 7.13. The summed E-state index contributed by atoms with van der Waals surface area (Å²) in [5.41, 5.74) is 3.49. The predicted octanol–water partition coefficient (Wildman–Crippen LogP) is 4.76. The molecule has 0 bridgehead atoms. The fourth-order valence-electron chi connectivity index (χ4n) is 4.01. The van der Waals surface area contributed by atoms with E-state index in [0.717, 1.165) is 21.8 Å². The number of rotatable bonds is 5. The first-order valence-electron chi connectivity index (χ1n) is 10.6. The van der Waals surface area contributed by atoms with Crippen molar-refractivity contribution in [1.82, 2.24) is 14.7 Å². The first-order valence-corrected chi connectivity index (χ1v) is 11.5. The van der Waals surface area contributed by atoms with Crippen molar-refractivity contribution < 1.29 is 9.18 Å². The molecule has 4 aromatic rings. The Morgan fingerprint density at radius 3 is 2.38 bits per heavy atom. The minimum absolute atomic E-state index is 0.00599. The summed E-state index contributed by atoms with van der Waals surface area (Å²) in [6, 6.07) is 20.6. The molecule has 0 unspecified atom stereocenters. The molecular weight excluding hydrogens is 423 g/mol. The SMILES string of the molecule is O=C(c1cn(Cc2ccccc2)nc1-c1cccs1)N1CCN(c2ccc(F)cc2)CC1. The zero-order valence-corrected chi connectivity index (χ0v) is 18.3. The highest BCUT2D eigenvalue weighted by Gasteiger charge is 2.27. The summed E-state index contributed by atoms with van der Waals surface area (Å²) >= 11 is 1.59. The van der Waals surface area contributed by atoms with Gasteiger partial charge in [-0.3, -0.25) is 9.48 Å². The van der Waals surface area contributed by atoms with Crippen molar-refractivity contribution in [2.45, 2.75) is 6.54 Å². The van der Waals surface area contributed by atoms with Crippen molar-refractivity contribution in [1.29, 1.82) is 0 Å². The molecule has 0 radical (unpaired) electrons. The van der Waals surface area contributed by atoms with Gasteiger partial charge in [-0.2, -0.15) is 5.10 Å². The minimum Gasteiger partial charge on any atom is -0.368 e. The molecule has 1 saturated heterocycles. The van der Waals surface area contributed by atoms with Gasteiger partial charge in [-0.15, -0.1) is 11.3 Å². The molecule has 0 N–H and O–H groups in total. The van der Waals surface area contributed by atoms with Gasteiger partial charge in [-0.25, -0.2) is 4.39 Å². The van der Waals surface area contributed by atoms with Gasteiger partial charge in [0.1, 0.15) is 11.5 Å². The summed E-state index contributed by atoms with van der Waals surface area (Å²) in [6.07, 6.45) is 1.87. The van der Waals surface area contributed by atoms with Crippen LogP contribution in [0.15, 0.2) is 78.3 Å². The second-order valence-corrected chi connectivity index (χ2v) is 8.76. The molecule has 0 atom stereocenters. The van der Waals surface area contributed by atoms with Crippen LogP contribution < -0.4 is 4.90 Å². The molecule has 0 aliphatic carbocycles. The Hall–Kier alpha value is -3.45. The number of hydrogen-bond donors (Lipinski definition) is 0. The number of anilines is 1. The van der Waals surface area contributed by atoms with Crippen LogP contribution in [0.4, 0.5) is 10.1 Å². The van der Waals surface area contributed by atoms with Gasteiger partial charge < -0.3 is 9.80 Å². The fraction of sp³-hybridized carbons (Fsp3) is 0.200. The average Bonchev–Trinajstić information content (AvgIpc) is 3.50. The van der Waals surface area contributed by atoms with Crippen molar-refractivity contribution in [2.24, 2.45) is 0 Å². The maximum Gasteiger partial charge on any atom is 0.257 e. The van der Waals surface area contributed by atoms with Crippen LogP contribution in [0, 0.1) is 5.82 Å². The van der Waals surface area contributed by atoms with Crippen LogP contribution in [0.3, 0.4) is 0 Å². The summed E-state index contributed by atoms with van der Waals surface area (Å²) < 4.78 is 15.1. The van der Waals surface area contributed by atoms with Crippen molar-refractivity contribution in [3.63, 3.8) is 0 Å². The van der Waals surface area contributed by atoms with Gasteiger partial charge in [0.2, 0.25) is 0 Å². The standard InChI is InChI=1S/C25H23FN4OS/c26-20-8-10-21(11-9-20)28-12-14-29(15-13-28)25(31)22-18-30(17-19-5-2-1-3-6-19)27-24(22)23-7-4-16-32-23/h1-11,16,18H,12-15,17H2. The topological polar surface area (TPSA) is 41.4 Å². The normalized spacial score (nSPS) is 14.0. The number of carbonyl (C=O) groups is 1. The molecule has 0 saturated carbocycles. The number of aromatic nitrogens is 2. The Balaban J connectivity index is 1.35. The predicted molar refractivity (Wildman–Crippen MR) is 126 cm³/mol. The maximum atomic E-state index is 13.5. The van der Waals surface area contributed by atoms with Crippen LogP contribution in [0.25, 0.3) is 10.6 Å². The molecule has 1 aliphatic rings. The van der Waals surface area contributed by atoms with Gasteiger partial charge in [-0.1, -0.05) is 36.4 Å². The highest BCUT2D eigenvalue weighted by atomic mass is 32.1. The smallest absolute Gasteiger partial charge is 0.257 e. The summed E-state index contributed by atoms with van der Waals surface area (Å²) in [7, 11) is 0. The van der Waals surface area contributed by atoms with E-state index in [1.165, 1.54) is 12.1 Å². The van der Waals surface area contributed by atoms with Crippen molar-refractivity contribution in [2.75, 3.05) is 31.1 Å². The van der Waals surface area contributed by atoms with E-state index in [1.54, 1.807) is 23.5 Å². The highest BCUT2D eigenvalue weighted by Crippen LogP contribution is 2.28. The van der Waals surface area contributed by atoms with Gasteiger partial charge in [0.25, 0.3) is 5.91 Å². The van der Waals surface area contributed by atoms with E-state index >= 15 is 0 Å². The van der Waals surface area contributed by atoms with E-state index in [2.05, 4.69) is 17.0 Å². The fourth-order valence-corrected chi connectivity index (χ4v) is 4.74. The molecule has 2 aromatic carbocycles. The Bertz CT molecular complexity index is 1180. The largest absolute Gasteiger partial charge is 0.368 e. The number of thiophene rings is 1. The number of halogens is 1. The van der Waals surface area contributed by atoms with Crippen LogP contribution in [-0.4, -0.2) is 46.8 Å². The van der Waals surface area contributed by atoms with E-state index in [0.29, 0.717) is 38.3 Å². The summed E-state index contributed by atoms with van der Waals surface area (Å²) in [5, 5.41) is 6.77. The van der Waals surface area contributed by atoms with Crippen molar-refractivity contribution >= 4 is 22.9 Å². The van der Waals surface area contributed by atoms with Gasteiger partial charge in [-0.05, 0) is 41.3 Å². The third-order valence-corrected chi connectivity index (χ3v) is 6.57. The molecule has 5 rings (SSSR count). The Labute approximate surface area is 190 Å². The summed E-state index contributed by atoms with van der Waals surface area (Å²) in [5.74, 6) is -0.234. The van der Waals surface area contributed by atoms with Crippen molar-refractivity contribution in [3.05, 3.63) is 95.3 Å². The zero-order valence-electron chi connectivity index (χ0n) is 17.5. The van der Waals surface area contributed by atoms with Gasteiger partial charge in [0, 0.05) is 38.1 Å². The van der Waals surface area contributed by atoms with E-state index in [9.17, 15) is 9.18 Å². The lowest BCUT2D eigenvalue weighted by molar-refractivity contribution is 0.0747. The summed E-state index contributed by atoms with van der Waals surface area (Å²) in [6.45, 7) is 3.27. The summed E-state index contributed by atoms with van der Waals surface area (Å²) in [4.78, 5) is 18.5. The number of hydrogen-bond acceptors (Lipinski definition) is 4. The molecule has 1 fully saturated rings. The molecule has 7 heteroatoms. The zero-order chi connectivity index (χ0) is 21.9. The Morgan fingerprint density at radius 1 is 0.938 bits per heavy atom. The third-order valence-electron chi connectivity index (χ3n) is 5.69. The van der Waals surface area contributed by atoms with Crippen molar-refractivity contribution in [3.8, 4) is 10.6 Å². The van der Waals surface area contributed by atoms with E-state index in [4.69, 9.17) is 5.10 Å². The second-order valence-electron chi connectivity index (χ2n) is 7.81. The van der Waals surface area contributed by atoms with Crippen LogP contribution in [0.2, 0.25) is 0 Å².